The van der Waals surface area contributed by atoms with Gasteiger partial charge in [-0.2, -0.15) is 13.2 Å². The molecule has 2 rings (SSSR count). The number of nitrogens with one attached hydrogen (secondary N) is 1. The molecule has 0 spiro atoms. The molecule has 0 radical (unpaired) electrons. The zero-order valence-electron chi connectivity index (χ0n) is 8.92. The van der Waals surface area contributed by atoms with Crippen LogP contribution < -0.4 is 0 Å². The van der Waals surface area contributed by atoms with Crippen LogP contribution >= 0.6 is 24.0 Å². The van der Waals surface area contributed by atoms with Gasteiger partial charge in [0.25, 0.3) is 0 Å². The highest BCUT2D eigenvalue weighted by atomic mass is 32.2. The van der Waals surface area contributed by atoms with E-state index in [1.165, 1.54) is 16.7 Å². The second kappa shape index (κ2) is 4.93. The number of alkyl halides is 3. The quantitative estimate of drug-likeness (QED) is 0.680. The van der Waals surface area contributed by atoms with Crippen molar-refractivity contribution in [3.63, 3.8) is 0 Å². The molecule has 18 heavy (non-hydrogen) atoms. The molecule has 0 saturated carbocycles. The summed E-state index contributed by atoms with van der Waals surface area (Å²) in [7, 11) is 0. The van der Waals surface area contributed by atoms with Crippen molar-refractivity contribution in [1.82, 2.24) is 9.55 Å². The van der Waals surface area contributed by atoms with Crippen molar-refractivity contribution in [3.8, 4) is 0 Å². The summed E-state index contributed by atoms with van der Waals surface area (Å²) in [5, 5.41) is 0. The Labute approximate surface area is 109 Å². The summed E-state index contributed by atoms with van der Waals surface area (Å²) in [4.78, 5) is 2.66. The zero-order chi connectivity index (χ0) is 13.3. The minimum Gasteiger partial charge on any atom is -0.328 e. The Morgan fingerprint density at radius 3 is 2.72 bits per heavy atom. The van der Waals surface area contributed by atoms with Crippen molar-refractivity contribution in [2.75, 3.05) is 5.75 Å². The number of hydrogen-bond acceptors (Lipinski definition) is 2. The van der Waals surface area contributed by atoms with Gasteiger partial charge in [-0.05, 0) is 36.1 Å². The Morgan fingerprint density at radius 1 is 1.33 bits per heavy atom. The lowest BCUT2D eigenvalue weighted by molar-refractivity contribution is -0.0328. The van der Waals surface area contributed by atoms with E-state index in [1.54, 1.807) is 6.07 Å². The molecule has 1 aromatic carbocycles. The molecular formula is C10H8F4N2S2. The predicted molar refractivity (Wildman–Crippen MR) is 65.6 cm³/mol. The van der Waals surface area contributed by atoms with Crippen LogP contribution in [0.15, 0.2) is 18.2 Å². The van der Waals surface area contributed by atoms with Crippen LogP contribution in [0.2, 0.25) is 0 Å². The van der Waals surface area contributed by atoms with Crippen molar-refractivity contribution < 1.29 is 17.6 Å². The third kappa shape index (κ3) is 2.86. The van der Waals surface area contributed by atoms with E-state index in [4.69, 9.17) is 12.2 Å². The van der Waals surface area contributed by atoms with E-state index in [2.05, 4.69) is 4.98 Å². The molecule has 0 aliphatic rings. The number of fused-ring (bicyclic) bond motifs is 1. The van der Waals surface area contributed by atoms with E-state index in [0.717, 1.165) is 0 Å². The van der Waals surface area contributed by atoms with E-state index < -0.39 is 11.3 Å². The van der Waals surface area contributed by atoms with E-state index in [1.807, 2.05) is 0 Å². The fraction of sp³-hybridized carbons (Fsp3) is 0.300. The molecule has 1 N–H and O–H groups in total. The van der Waals surface area contributed by atoms with Crippen molar-refractivity contribution in [1.29, 1.82) is 0 Å². The number of halogens is 4. The fourth-order valence-corrected chi connectivity index (χ4v) is 2.42. The zero-order valence-corrected chi connectivity index (χ0v) is 10.6. The molecule has 0 amide bonds. The number of para-hydroxylation sites is 1. The number of benzene rings is 1. The van der Waals surface area contributed by atoms with E-state index in [0.29, 0.717) is 5.52 Å². The predicted octanol–water partition coefficient (Wildman–Crippen LogP) is 4.09. The molecule has 98 valence electrons. The molecule has 8 heteroatoms. The van der Waals surface area contributed by atoms with Gasteiger partial charge in [-0.3, -0.25) is 0 Å². The average Bonchev–Trinajstić information content (AvgIpc) is 2.56. The van der Waals surface area contributed by atoms with Gasteiger partial charge >= 0.3 is 5.51 Å². The van der Waals surface area contributed by atoms with Crippen LogP contribution in [0.1, 0.15) is 0 Å². The molecule has 1 heterocycles. The van der Waals surface area contributed by atoms with Crippen LogP contribution in [0.4, 0.5) is 17.6 Å². The van der Waals surface area contributed by atoms with Gasteiger partial charge < -0.3 is 9.55 Å². The second-order valence-corrected chi connectivity index (χ2v) is 5.06. The number of rotatable bonds is 3. The maximum Gasteiger partial charge on any atom is 0.441 e. The minimum atomic E-state index is -4.26. The number of aryl methyl sites for hydroxylation is 1. The van der Waals surface area contributed by atoms with Crippen LogP contribution in [0, 0.1) is 10.6 Å². The van der Waals surface area contributed by atoms with Gasteiger partial charge in [0.2, 0.25) is 0 Å². The number of imidazole rings is 1. The topological polar surface area (TPSA) is 20.7 Å². The number of hydrogen-bond donors (Lipinski definition) is 1. The second-order valence-electron chi connectivity index (χ2n) is 3.51. The minimum absolute atomic E-state index is 0.0759. The molecule has 2 nitrogen and oxygen atoms in total. The smallest absolute Gasteiger partial charge is 0.328 e. The lowest BCUT2D eigenvalue weighted by atomic mass is 10.3. The monoisotopic (exact) mass is 296 g/mol. The van der Waals surface area contributed by atoms with Crippen LogP contribution in [-0.4, -0.2) is 20.8 Å². The Morgan fingerprint density at radius 2 is 2.06 bits per heavy atom. The first-order valence-corrected chi connectivity index (χ1v) is 6.35. The first-order valence-electron chi connectivity index (χ1n) is 4.96. The van der Waals surface area contributed by atoms with E-state index >= 15 is 0 Å². The molecule has 0 unspecified atom stereocenters. The summed E-state index contributed by atoms with van der Waals surface area (Å²) in [6, 6.07) is 4.37. The Balaban J connectivity index is 2.26. The summed E-state index contributed by atoms with van der Waals surface area (Å²) in [5.74, 6) is -0.637. The van der Waals surface area contributed by atoms with Gasteiger partial charge in [-0.25, -0.2) is 4.39 Å². The molecule has 0 fully saturated rings. The highest BCUT2D eigenvalue weighted by molar-refractivity contribution is 8.00. The summed E-state index contributed by atoms with van der Waals surface area (Å²) in [5.41, 5.74) is -3.57. The number of aromatic nitrogens is 2. The maximum atomic E-state index is 13.4. The fourth-order valence-electron chi connectivity index (χ4n) is 1.62. The van der Waals surface area contributed by atoms with Crippen LogP contribution in [0.3, 0.4) is 0 Å². The standard InChI is InChI=1S/C10H8F4N2S2/c11-6-2-1-3-7-8(6)15-9(17)16(7)4-5-18-10(12,13)14/h1-3H,4-5H2,(H,15,17). The van der Waals surface area contributed by atoms with Crippen molar-refractivity contribution in [2.45, 2.75) is 12.1 Å². The van der Waals surface area contributed by atoms with Crippen LogP contribution in [0.25, 0.3) is 11.0 Å². The van der Waals surface area contributed by atoms with E-state index in [9.17, 15) is 17.6 Å². The number of H-pyrrole nitrogens is 1. The molecule has 0 aliphatic carbocycles. The molecule has 0 saturated heterocycles. The van der Waals surface area contributed by atoms with Gasteiger partial charge in [0.15, 0.2) is 4.77 Å². The molecule has 2 aromatic rings. The molecule has 1 aromatic heterocycles. The Hall–Kier alpha value is -1.02. The first kappa shape index (κ1) is 13.4. The Kier molecular flexibility index (Phi) is 3.67. The van der Waals surface area contributed by atoms with Crippen LogP contribution in [-0.2, 0) is 6.54 Å². The highest BCUT2D eigenvalue weighted by Gasteiger charge is 2.27. The summed E-state index contributed by atoms with van der Waals surface area (Å²) < 4.78 is 51.2. The third-order valence-corrected chi connectivity index (χ3v) is 3.38. The van der Waals surface area contributed by atoms with Gasteiger partial charge in [-0.15, -0.1) is 0 Å². The third-order valence-electron chi connectivity index (χ3n) is 2.34. The Bertz CT molecular complexity index is 614. The lowest BCUT2D eigenvalue weighted by Crippen LogP contribution is -2.07. The molecular weight excluding hydrogens is 288 g/mol. The van der Waals surface area contributed by atoms with Crippen LogP contribution in [0.5, 0.6) is 0 Å². The van der Waals surface area contributed by atoms with Crippen molar-refractivity contribution >= 4 is 35.0 Å². The molecule has 0 aliphatic heterocycles. The SMILES string of the molecule is Fc1cccc2c1[nH]c(=S)n2CCSC(F)(F)F. The first-order chi connectivity index (χ1) is 8.38. The highest BCUT2D eigenvalue weighted by Crippen LogP contribution is 2.30. The van der Waals surface area contributed by atoms with Gasteiger partial charge in [0, 0.05) is 12.3 Å². The summed E-state index contributed by atoms with van der Waals surface area (Å²) in [6.07, 6.45) is 0. The van der Waals surface area contributed by atoms with Gasteiger partial charge in [0.1, 0.15) is 11.3 Å². The number of thioether (sulfide) groups is 1. The molecule has 0 bridgehead atoms. The average molecular weight is 296 g/mol. The van der Waals surface area contributed by atoms with Crippen molar-refractivity contribution in [2.24, 2.45) is 0 Å². The number of nitrogens with zero attached hydrogens (tertiary/aromatic N) is 1. The molecule has 0 atom stereocenters. The number of aromatic amines is 1. The summed E-state index contributed by atoms with van der Waals surface area (Å²) >= 11 is 4.85. The van der Waals surface area contributed by atoms with Gasteiger partial charge in [-0.1, -0.05) is 6.07 Å². The normalized spacial score (nSPS) is 12.2. The summed E-state index contributed by atoms with van der Waals surface area (Å²) in [6.45, 7) is 0.0759. The largest absolute Gasteiger partial charge is 0.441 e. The lowest BCUT2D eigenvalue weighted by Gasteiger charge is -2.06. The van der Waals surface area contributed by atoms with Gasteiger partial charge in [0.05, 0.1) is 5.52 Å². The van der Waals surface area contributed by atoms with Crippen molar-refractivity contribution in [3.05, 3.63) is 28.8 Å². The van der Waals surface area contributed by atoms with E-state index in [-0.39, 0.29) is 34.3 Å². The maximum absolute atomic E-state index is 13.4.